The molecule has 0 radical (unpaired) electrons. The van der Waals surface area contributed by atoms with Crippen molar-refractivity contribution in [3.63, 3.8) is 0 Å². The van der Waals surface area contributed by atoms with Gasteiger partial charge in [0.2, 0.25) is 0 Å². The van der Waals surface area contributed by atoms with Crippen LogP contribution in [0.25, 0.3) is 0 Å². The van der Waals surface area contributed by atoms with Crippen molar-refractivity contribution in [3.05, 3.63) is 17.2 Å². The van der Waals surface area contributed by atoms with Gasteiger partial charge in [-0.2, -0.15) is 0 Å². The fraction of sp³-hybridized carbons (Fsp3) is 0.500. The normalized spacial score (nSPS) is 16.5. The van der Waals surface area contributed by atoms with Crippen molar-refractivity contribution in [2.75, 3.05) is 0 Å². The van der Waals surface area contributed by atoms with Crippen LogP contribution >= 0.6 is 11.6 Å². The summed E-state index contributed by atoms with van der Waals surface area (Å²) in [5.41, 5.74) is 0.162. The van der Waals surface area contributed by atoms with Crippen LogP contribution < -0.4 is 5.46 Å². The average Bonchev–Trinajstić information content (AvgIpc) is 2.00. The molecular formula is C8H10BClN2O2. The summed E-state index contributed by atoms with van der Waals surface area (Å²) in [6.45, 7) is 0. The van der Waals surface area contributed by atoms with Gasteiger partial charge in [-0.15, -0.1) is 0 Å². The van der Waals surface area contributed by atoms with Crippen molar-refractivity contribution in [1.29, 1.82) is 0 Å². The summed E-state index contributed by atoms with van der Waals surface area (Å²) >= 11 is 5.78. The molecule has 1 aliphatic carbocycles. The molecule has 0 amide bonds. The van der Waals surface area contributed by atoms with Crippen LogP contribution in [0.4, 0.5) is 0 Å². The maximum Gasteiger partial charge on any atom is 0.493 e. The molecule has 2 N–H and O–H groups in total. The minimum atomic E-state index is -1.60. The second-order valence-corrected chi connectivity index (χ2v) is 3.83. The molecule has 0 aliphatic heterocycles. The Morgan fingerprint density at radius 2 is 2.14 bits per heavy atom. The lowest BCUT2D eigenvalue weighted by Crippen LogP contribution is -2.32. The Balaban J connectivity index is 2.25. The number of halogens is 1. The van der Waals surface area contributed by atoms with Gasteiger partial charge in [-0.3, -0.25) is 0 Å². The molecule has 6 heteroatoms. The number of nitrogens with zero attached hydrogens (tertiary/aromatic N) is 2. The van der Waals surface area contributed by atoms with Gasteiger partial charge in [-0.25, -0.2) is 9.97 Å². The predicted octanol–water partition coefficient (Wildman–Crippen LogP) is 0.0773. The van der Waals surface area contributed by atoms with E-state index in [9.17, 15) is 0 Å². The maximum atomic E-state index is 8.90. The lowest BCUT2D eigenvalue weighted by Gasteiger charge is -2.23. The zero-order valence-corrected chi connectivity index (χ0v) is 8.28. The van der Waals surface area contributed by atoms with E-state index in [0.29, 0.717) is 11.7 Å². The van der Waals surface area contributed by atoms with Gasteiger partial charge < -0.3 is 10.0 Å². The predicted molar refractivity (Wildman–Crippen MR) is 53.5 cm³/mol. The summed E-state index contributed by atoms with van der Waals surface area (Å²) in [7, 11) is -1.60. The second kappa shape index (κ2) is 3.84. The standard InChI is InChI=1S/C8H10BClN2O2/c10-7-6(9(13)14)4-11-8(12-7)5-2-1-3-5/h4-5,13-14H,1-3H2. The average molecular weight is 212 g/mol. The Labute approximate surface area is 87.1 Å². The smallest absolute Gasteiger partial charge is 0.423 e. The van der Waals surface area contributed by atoms with E-state index in [4.69, 9.17) is 21.6 Å². The van der Waals surface area contributed by atoms with Crippen molar-refractivity contribution >= 4 is 24.2 Å². The van der Waals surface area contributed by atoms with Crippen LogP contribution in [0.15, 0.2) is 6.20 Å². The largest absolute Gasteiger partial charge is 0.493 e. The van der Waals surface area contributed by atoms with Crippen molar-refractivity contribution in [3.8, 4) is 0 Å². The molecule has 14 heavy (non-hydrogen) atoms. The third-order valence-electron chi connectivity index (χ3n) is 2.54. The van der Waals surface area contributed by atoms with Crippen molar-refractivity contribution < 1.29 is 10.0 Å². The SMILES string of the molecule is OB(O)c1cnc(C2CCC2)nc1Cl. The van der Waals surface area contributed by atoms with E-state index in [1.807, 2.05) is 0 Å². The number of hydrogen-bond donors (Lipinski definition) is 2. The Bertz CT molecular complexity index is 344. The first kappa shape index (κ1) is 9.89. The van der Waals surface area contributed by atoms with E-state index in [2.05, 4.69) is 9.97 Å². The molecule has 0 unspecified atom stereocenters. The van der Waals surface area contributed by atoms with E-state index in [-0.39, 0.29) is 10.6 Å². The second-order valence-electron chi connectivity index (χ2n) is 3.48. The van der Waals surface area contributed by atoms with Gasteiger partial charge in [0.15, 0.2) is 0 Å². The highest BCUT2D eigenvalue weighted by Gasteiger charge is 2.24. The Kier molecular flexibility index (Phi) is 2.72. The lowest BCUT2D eigenvalue weighted by atomic mass is 9.81. The van der Waals surface area contributed by atoms with Crippen molar-refractivity contribution in [2.24, 2.45) is 0 Å². The molecule has 0 aromatic carbocycles. The first-order valence-electron chi connectivity index (χ1n) is 4.57. The number of rotatable bonds is 2. The fourth-order valence-corrected chi connectivity index (χ4v) is 1.65. The lowest BCUT2D eigenvalue weighted by molar-refractivity contribution is 0.400. The molecule has 4 nitrogen and oxygen atoms in total. The molecule has 0 saturated heterocycles. The third kappa shape index (κ3) is 1.75. The zero-order chi connectivity index (χ0) is 10.1. The molecule has 2 rings (SSSR count). The van der Waals surface area contributed by atoms with E-state index in [0.717, 1.165) is 12.8 Å². The zero-order valence-electron chi connectivity index (χ0n) is 7.52. The third-order valence-corrected chi connectivity index (χ3v) is 2.84. The first-order valence-corrected chi connectivity index (χ1v) is 4.94. The van der Waals surface area contributed by atoms with Gasteiger partial charge in [-0.05, 0) is 12.8 Å². The van der Waals surface area contributed by atoms with Crippen LogP contribution in [-0.4, -0.2) is 27.1 Å². The summed E-state index contributed by atoms with van der Waals surface area (Å²) in [5.74, 6) is 1.11. The van der Waals surface area contributed by atoms with Crippen molar-refractivity contribution in [2.45, 2.75) is 25.2 Å². The molecule has 1 aromatic heterocycles. The van der Waals surface area contributed by atoms with Gasteiger partial charge in [-0.1, -0.05) is 18.0 Å². The van der Waals surface area contributed by atoms with E-state index < -0.39 is 7.12 Å². The highest BCUT2D eigenvalue weighted by atomic mass is 35.5. The topological polar surface area (TPSA) is 66.2 Å². The van der Waals surface area contributed by atoms with Crippen LogP contribution in [-0.2, 0) is 0 Å². The summed E-state index contributed by atoms with van der Waals surface area (Å²) in [5, 5.41) is 17.9. The summed E-state index contributed by atoms with van der Waals surface area (Å²) in [6, 6.07) is 0. The molecule has 0 atom stereocenters. The Morgan fingerprint density at radius 1 is 1.43 bits per heavy atom. The van der Waals surface area contributed by atoms with Crippen molar-refractivity contribution in [1.82, 2.24) is 9.97 Å². The van der Waals surface area contributed by atoms with Gasteiger partial charge >= 0.3 is 7.12 Å². The molecule has 1 aliphatic rings. The minimum Gasteiger partial charge on any atom is -0.423 e. The highest BCUT2D eigenvalue weighted by molar-refractivity contribution is 6.62. The molecule has 1 heterocycles. The number of hydrogen-bond acceptors (Lipinski definition) is 4. The van der Waals surface area contributed by atoms with E-state index in [1.165, 1.54) is 12.6 Å². The molecule has 74 valence electrons. The highest BCUT2D eigenvalue weighted by Crippen LogP contribution is 2.34. The molecule has 0 bridgehead atoms. The van der Waals surface area contributed by atoms with Gasteiger partial charge in [0, 0.05) is 17.6 Å². The maximum absolute atomic E-state index is 8.90. The first-order chi connectivity index (χ1) is 6.68. The Morgan fingerprint density at radius 3 is 2.57 bits per heavy atom. The van der Waals surface area contributed by atoms with E-state index >= 15 is 0 Å². The number of aromatic nitrogens is 2. The van der Waals surface area contributed by atoms with Gasteiger partial charge in [0.05, 0.1) is 0 Å². The summed E-state index contributed by atoms with van der Waals surface area (Å²) in [6.07, 6.45) is 4.78. The van der Waals surface area contributed by atoms with Crippen LogP contribution in [0, 0.1) is 0 Å². The minimum absolute atomic E-state index is 0.136. The van der Waals surface area contributed by atoms with Crippen LogP contribution in [0.5, 0.6) is 0 Å². The van der Waals surface area contributed by atoms with E-state index in [1.54, 1.807) is 0 Å². The molecule has 0 spiro atoms. The summed E-state index contributed by atoms with van der Waals surface area (Å²) in [4.78, 5) is 8.12. The molecular weight excluding hydrogens is 202 g/mol. The van der Waals surface area contributed by atoms with Crippen LogP contribution in [0.3, 0.4) is 0 Å². The van der Waals surface area contributed by atoms with Gasteiger partial charge in [0.1, 0.15) is 11.0 Å². The molecule has 1 fully saturated rings. The fourth-order valence-electron chi connectivity index (χ4n) is 1.42. The molecule has 1 aromatic rings. The Hall–Kier alpha value is -0.645. The molecule has 1 saturated carbocycles. The van der Waals surface area contributed by atoms with Crippen LogP contribution in [0.1, 0.15) is 31.0 Å². The quantitative estimate of drug-likeness (QED) is 0.538. The van der Waals surface area contributed by atoms with Gasteiger partial charge in [0.25, 0.3) is 0 Å². The monoisotopic (exact) mass is 212 g/mol. The van der Waals surface area contributed by atoms with Crippen LogP contribution in [0.2, 0.25) is 5.15 Å². The summed E-state index contributed by atoms with van der Waals surface area (Å²) < 4.78 is 0.